The third kappa shape index (κ3) is 3.72. The lowest BCUT2D eigenvalue weighted by Crippen LogP contribution is -2.38. The van der Waals surface area contributed by atoms with E-state index in [1.54, 1.807) is 4.90 Å². The zero-order valence-electron chi connectivity index (χ0n) is 11.2. The van der Waals surface area contributed by atoms with Crippen LogP contribution < -0.4 is 0 Å². The predicted octanol–water partition coefficient (Wildman–Crippen LogP) is 3.81. The normalized spacial score (nSPS) is 21.3. The summed E-state index contributed by atoms with van der Waals surface area (Å²) in [6, 6.07) is 0. The van der Waals surface area contributed by atoms with E-state index < -0.39 is 23.5 Å². The third-order valence-corrected chi connectivity index (χ3v) is 3.50. The zero-order chi connectivity index (χ0) is 15.7. The van der Waals surface area contributed by atoms with E-state index in [0.717, 1.165) is 0 Å². The van der Waals surface area contributed by atoms with E-state index in [0.29, 0.717) is 39.1 Å². The molecule has 2 rings (SSSR count). The Kier molecular flexibility index (Phi) is 4.55. The number of rotatable bonds is 1. The topological polar surface area (TPSA) is 12.5 Å². The number of hydrogen-bond acceptors (Lipinski definition) is 2. The second-order valence-electron chi connectivity index (χ2n) is 4.93. The molecule has 2 aliphatic rings. The molecule has 0 spiro atoms. The Morgan fingerprint density at radius 3 is 2.10 bits per heavy atom. The smallest absolute Gasteiger partial charge is 0.378 e. The van der Waals surface area contributed by atoms with Crippen LogP contribution in [0.15, 0.2) is 22.9 Å². The summed E-state index contributed by atoms with van der Waals surface area (Å²) in [5.74, 6) is 0. The molecular weight excluding hydrogens is 300 g/mol. The lowest BCUT2D eigenvalue weighted by molar-refractivity contribution is -0.173. The van der Waals surface area contributed by atoms with Crippen LogP contribution in [0.5, 0.6) is 0 Å². The van der Waals surface area contributed by atoms with Crippen molar-refractivity contribution >= 4 is 0 Å². The number of halogens is 6. The number of hydrogen-bond donors (Lipinski definition) is 0. The van der Waals surface area contributed by atoms with Gasteiger partial charge >= 0.3 is 12.4 Å². The van der Waals surface area contributed by atoms with Gasteiger partial charge in [0, 0.05) is 18.8 Å². The summed E-state index contributed by atoms with van der Waals surface area (Å²) in [7, 11) is 0. The van der Waals surface area contributed by atoms with Gasteiger partial charge in [-0.15, -0.1) is 0 Å². The Morgan fingerprint density at radius 2 is 1.57 bits per heavy atom. The highest BCUT2D eigenvalue weighted by molar-refractivity contribution is 5.40. The van der Waals surface area contributed by atoms with E-state index in [2.05, 4.69) is 0 Å². The number of nitrogens with zero attached hydrogens (tertiary/aromatic N) is 1. The summed E-state index contributed by atoms with van der Waals surface area (Å²) in [6.07, 6.45) is -8.77. The maximum atomic E-state index is 12.9. The van der Waals surface area contributed by atoms with Gasteiger partial charge in [-0.2, -0.15) is 26.3 Å². The van der Waals surface area contributed by atoms with E-state index in [1.165, 1.54) is 6.08 Å². The summed E-state index contributed by atoms with van der Waals surface area (Å²) in [6.45, 7) is 1.21. The Hall–Kier alpha value is -1.18. The molecule has 0 aromatic carbocycles. The van der Waals surface area contributed by atoms with Gasteiger partial charge in [-0.05, 0) is 24.8 Å². The summed E-state index contributed by atoms with van der Waals surface area (Å²) in [5, 5.41) is 0. The fourth-order valence-electron chi connectivity index (χ4n) is 2.65. The minimum absolute atomic E-state index is 0.0641. The molecule has 0 amide bonds. The molecule has 0 saturated carbocycles. The third-order valence-electron chi connectivity index (χ3n) is 3.50. The molecule has 1 fully saturated rings. The Bertz CT molecular complexity index is 427. The molecule has 8 heteroatoms. The number of alkyl halides is 6. The van der Waals surface area contributed by atoms with Gasteiger partial charge in [0.2, 0.25) is 0 Å². The highest BCUT2D eigenvalue weighted by Gasteiger charge is 2.53. The van der Waals surface area contributed by atoms with Crippen molar-refractivity contribution in [2.45, 2.75) is 31.6 Å². The second kappa shape index (κ2) is 5.90. The first-order chi connectivity index (χ1) is 9.71. The number of morpholine rings is 1. The van der Waals surface area contributed by atoms with Crippen molar-refractivity contribution < 1.29 is 31.1 Å². The fourth-order valence-corrected chi connectivity index (χ4v) is 2.65. The molecule has 2 nitrogen and oxygen atoms in total. The first-order valence-corrected chi connectivity index (χ1v) is 6.62. The van der Waals surface area contributed by atoms with Gasteiger partial charge in [0.1, 0.15) is 5.57 Å². The highest BCUT2D eigenvalue weighted by Crippen LogP contribution is 2.45. The zero-order valence-corrected chi connectivity index (χ0v) is 11.2. The minimum Gasteiger partial charge on any atom is -0.378 e. The van der Waals surface area contributed by atoms with E-state index in [9.17, 15) is 26.3 Å². The molecule has 0 bridgehead atoms. The molecule has 21 heavy (non-hydrogen) atoms. The molecule has 120 valence electrons. The van der Waals surface area contributed by atoms with Crippen LogP contribution >= 0.6 is 0 Å². The molecule has 1 aliphatic carbocycles. The molecule has 0 atom stereocenters. The van der Waals surface area contributed by atoms with Crippen LogP contribution in [0.3, 0.4) is 0 Å². The molecule has 1 heterocycles. The van der Waals surface area contributed by atoms with Crippen molar-refractivity contribution in [3.05, 3.63) is 22.9 Å². The Morgan fingerprint density at radius 1 is 1.00 bits per heavy atom. The van der Waals surface area contributed by atoms with Crippen molar-refractivity contribution in [3.8, 4) is 0 Å². The molecule has 1 aliphatic heterocycles. The first-order valence-electron chi connectivity index (χ1n) is 6.62. The average molecular weight is 315 g/mol. The van der Waals surface area contributed by atoms with Crippen LogP contribution in [-0.2, 0) is 4.74 Å². The van der Waals surface area contributed by atoms with Gasteiger partial charge in [-0.1, -0.05) is 6.08 Å². The predicted molar refractivity (Wildman–Crippen MR) is 63.5 cm³/mol. The van der Waals surface area contributed by atoms with Crippen molar-refractivity contribution in [2.24, 2.45) is 0 Å². The van der Waals surface area contributed by atoms with Crippen molar-refractivity contribution in [3.63, 3.8) is 0 Å². The lowest BCUT2D eigenvalue weighted by atomic mass is 9.92. The maximum absolute atomic E-state index is 12.9. The van der Waals surface area contributed by atoms with Crippen LogP contribution in [-0.4, -0.2) is 43.6 Å². The van der Waals surface area contributed by atoms with Crippen LogP contribution in [0.4, 0.5) is 26.3 Å². The van der Waals surface area contributed by atoms with Gasteiger partial charge in [0.15, 0.2) is 0 Å². The van der Waals surface area contributed by atoms with Gasteiger partial charge in [0.25, 0.3) is 0 Å². The minimum atomic E-state index is -5.41. The van der Waals surface area contributed by atoms with E-state index >= 15 is 0 Å². The van der Waals surface area contributed by atoms with E-state index in [1.807, 2.05) is 0 Å². The molecule has 0 unspecified atom stereocenters. The van der Waals surface area contributed by atoms with Gasteiger partial charge in [-0.3, -0.25) is 0 Å². The van der Waals surface area contributed by atoms with Crippen LogP contribution in [0, 0.1) is 0 Å². The largest absolute Gasteiger partial charge is 0.421 e. The van der Waals surface area contributed by atoms with Crippen molar-refractivity contribution in [1.29, 1.82) is 0 Å². The Balaban J connectivity index is 2.47. The molecule has 1 saturated heterocycles. The molecule has 0 aromatic heterocycles. The maximum Gasteiger partial charge on any atom is 0.421 e. The highest BCUT2D eigenvalue weighted by atomic mass is 19.4. The number of ether oxygens (including phenoxy) is 1. The van der Waals surface area contributed by atoms with Crippen LogP contribution in [0.1, 0.15) is 19.3 Å². The quantitative estimate of drug-likeness (QED) is 0.682. The van der Waals surface area contributed by atoms with Crippen LogP contribution in [0.2, 0.25) is 0 Å². The molecule has 0 radical (unpaired) electrons. The summed E-state index contributed by atoms with van der Waals surface area (Å²) >= 11 is 0. The summed E-state index contributed by atoms with van der Waals surface area (Å²) < 4.78 is 82.4. The monoisotopic (exact) mass is 315 g/mol. The molecule has 0 aromatic rings. The van der Waals surface area contributed by atoms with Crippen molar-refractivity contribution in [1.82, 2.24) is 4.90 Å². The average Bonchev–Trinajstić information content (AvgIpc) is 2.37. The molecular formula is C13H15F6NO. The van der Waals surface area contributed by atoms with Gasteiger partial charge in [-0.25, -0.2) is 0 Å². The Labute approximate surface area is 118 Å². The second-order valence-corrected chi connectivity index (χ2v) is 4.93. The number of allylic oxidation sites excluding steroid dienone is 3. The summed E-state index contributed by atoms with van der Waals surface area (Å²) in [5.41, 5.74) is -2.94. The SMILES string of the molecule is FC(F)(F)C(=C1CCCC=C1N1CCOCC1)C(F)(F)F. The van der Waals surface area contributed by atoms with E-state index in [4.69, 9.17) is 4.74 Å². The van der Waals surface area contributed by atoms with Gasteiger partial charge in [0.05, 0.1) is 13.2 Å². The fraction of sp³-hybridized carbons (Fsp3) is 0.692. The van der Waals surface area contributed by atoms with Crippen LogP contribution in [0.25, 0.3) is 0 Å². The standard InChI is InChI=1S/C13H15F6NO/c14-12(15,16)11(13(17,18)19)9-3-1-2-4-10(9)20-5-7-21-8-6-20/h4H,1-3,5-8H2. The summed E-state index contributed by atoms with van der Waals surface area (Å²) in [4.78, 5) is 1.55. The van der Waals surface area contributed by atoms with E-state index in [-0.39, 0.29) is 12.1 Å². The first kappa shape index (κ1) is 16.2. The van der Waals surface area contributed by atoms with Crippen molar-refractivity contribution in [2.75, 3.05) is 26.3 Å². The van der Waals surface area contributed by atoms with Gasteiger partial charge < -0.3 is 9.64 Å². The molecule has 0 N–H and O–H groups in total. The lowest BCUT2D eigenvalue weighted by Gasteiger charge is -2.35.